The highest BCUT2D eigenvalue weighted by molar-refractivity contribution is 7.93. The van der Waals surface area contributed by atoms with Crippen LogP contribution in [0.4, 0.5) is 5.82 Å². The SMILES string of the molecule is Cc1nn(-c2ccccc2)c2c1[C@H](c1ccc(Cl)c(Cl)c1)N1C=C(S(=O)(=O)N3C[C@H](C)C[C@@H](C)C3)C=CC1=N2. The minimum atomic E-state index is -3.70. The van der Waals surface area contributed by atoms with E-state index in [0.717, 1.165) is 28.9 Å². The first-order chi connectivity index (χ1) is 18.6. The second-order valence-electron chi connectivity index (χ2n) is 10.7. The normalized spacial score (nSPS) is 23.2. The number of para-hydroxylation sites is 1. The maximum atomic E-state index is 13.8. The van der Waals surface area contributed by atoms with Crippen LogP contribution in [0.1, 0.15) is 43.1 Å². The second-order valence-corrected chi connectivity index (χ2v) is 13.4. The molecule has 7 nitrogen and oxygen atoms in total. The monoisotopic (exact) mass is 581 g/mol. The van der Waals surface area contributed by atoms with Gasteiger partial charge in [0, 0.05) is 24.9 Å². The lowest BCUT2D eigenvalue weighted by Gasteiger charge is -2.38. The summed E-state index contributed by atoms with van der Waals surface area (Å²) >= 11 is 12.7. The Morgan fingerprint density at radius 2 is 1.67 bits per heavy atom. The molecule has 3 aliphatic heterocycles. The number of halogens is 2. The van der Waals surface area contributed by atoms with E-state index in [2.05, 4.69) is 13.8 Å². The summed E-state index contributed by atoms with van der Waals surface area (Å²) in [6, 6.07) is 14.9. The van der Waals surface area contributed by atoms with Gasteiger partial charge >= 0.3 is 0 Å². The Bertz CT molecular complexity index is 1640. The van der Waals surface area contributed by atoms with E-state index < -0.39 is 16.1 Å². The lowest BCUT2D eigenvalue weighted by atomic mass is 9.94. The molecule has 10 heteroatoms. The highest BCUT2D eigenvalue weighted by Gasteiger charge is 2.39. The van der Waals surface area contributed by atoms with Gasteiger partial charge in [0.25, 0.3) is 0 Å². The summed E-state index contributed by atoms with van der Waals surface area (Å²) in [5, 5.41) is 5.72. The summed E-state index contributed by atoms with van der Waals surface area (Å²) in [5.74, 6) is 1.93. The van der Waals surface area contributed by atoms with Crippen LogP contribution in [0.2, 0.25) is 10.0 Å². The zero-order valence-corrected chi connectivity index (χ0v) is 24.2. The summed E-state index contributed by atoms with van der Waals surface area (Å²) in [7, 11) is -3.70. The number of hydrogen-bond acceptors (Lipinski definition) is 5. The van der Waals surface area contributed by atoms with Gasteiger partial charge in [-0.1, -0.05) is 61.3 Å². The minimum absolute atomic E-state index is 0.240. The first-order valence-electron chi connectivity index (χ1n) is 13.0. The number of aromatic nitrogens is 2. The van der Waals surface area contributed by atoms with Crippen LogP contribution in [0.5, 0.6) is 0 Å². The number of hydrogen-bond donors (Lipinski definition) is 0. The minimum Gasteiger partial charge on any atom is -0.320 e. The van der Waals surface area contributed by atoms with E-state index in [0.29, 0.717) is 46.6 Å². The van der Waals surface area contributed by atoms with Gasteiger partial charge in [0.05, 0.1) is 32.4 Å². The number of rotatable bonds is 4. The Morgan fingerprint density at radius 1 is 0.949 bits per heavy atom. The Kier molecular flexibility index (Phi) is 6.70. The molecule has 2 aromatic carbocycles. The van der Waals surface area contributed by atoms with Crippen LogP contribution in [0.3, 0.4) is 0 Å². The van der Waals surface area contributed by atoms with Gasteiger partial charge in [0.15, 0.2) is 5.82 Å². The fraction of sp³-hybridized carbons (Fsp3) is 0.310. The van der Waals surface area contributed by atoms with Crippen LogP contribution in [0, 0.1) is 18.8 Å². The van der Waals surface area contributed by atoms with Gasteiger partial charge in [0.2, 0.25) is 10.0 Å². The predicted molar refractivity (Wildman–Crippen MR) is 156 cm³/mol. The Hall–Kier alpha value is -2.91. The van der Waals surface area contributed by atoms with Gasteiger partial charge in [-0.05, 0) is 67.2 Å². The summed E-state index contributed by atoms with van der Waals surface area (Å²) < 4.78 is 31.1. The number of piperidine rings is 1. The molecule has 39 heavy (non-hydrogen) atoms. The molecule has 0 bridgehead atoms. The van der Waals surface area contributed by atoms with Crippen molar-refractivity contribution in [3.8, 4) is 5.69 Å². The van der Waals surface area contributed by atoms with E-state index in [4.69, 9.17) is 33.3 Å². The third-order valence-corrected chi connectivity index (χ3v) is 10.1. The molecule has 0 N–H and O–H groups in total. The fourth-order valence-corrected chi connectivity index (χ4v) is 7.85. The number of amidine groups is 1. The first-order valence-corrected chi connectivity index (χ1v) is 15.2. The number of nitrogens with zero attached hydrogens (tertiary/aromatic N) is 5. The molecule has 0 unspecified atom stereocenters. The third-order valence-electron chi connectivity index (χ3n) is 7.51. The molecule has 3 aliphatic rings. The Morgan fingerprint density at radius 3 is 2.36 bits per heavy atom. The van der Waals surface area contributed by atoms with Gasteiger partial charge in [-0.2, -0.15) is 9.40 Å². The lowest BCUT2D eigenvalue weighted by molar-refractivity contribution is 0.224. The molecule has 0 radical (unpaired) electrons. The predicted octanol–water partition coefficient (Wildman–Crippen LogP) is 6.64. The molecular weight excluding hydrogens is 553 g/mol. The van der Waals surface area contributed by atoms with Crippen molar-refractivity contribution in [3.63, 3.8) is 0 Å². The molecular formula is C29H29Cl2N5O2S. The van der Waals surface area contributed by atoms with Crippen molar-refractivity contribution in [3.05, 3.63) is 98.7 Å². The molecule has 3 atom stereocenters. The average molecular weight is 583 g/mol. The van der Waals surface area contributed by atoms with E-state index in [9.17, 15) is 8.42 Å². The van der Waals surface area contributed by atoms with Gasteiger partial charge in [-0.3, -0.25) is 0 Å². The van der Waals surface area contributed by atoms with E-state index in [-0.39, 0.29) is 4.91 Å². The fourth-order valence-electron chi connectivity index (χ4n) is 5.86. The van der Waals surface area contributed by atoms with Crippen molar-refractivity contribution < 1.29 is 8.42 Å². The standard InChI is InChI=1S/C29H29Cl2N5O2S/c1-18-13-19(2)16-34(15-18)39(37,38)23-10-12-26-32-29-27(20(3)33-36(29)22-7-5-4-6-8-22)28(35(26)17-23)21-9-11-24(30)25(31)14-21/h4-12,14,17-19,28H,13,15-16H2,1-3H3/t18-,19-,28+/m1/s1. The largest absolute Gasteiger partial charge is 0.320 e. The zero-order valence-electron chi connectivity index (χ0n) is 21.9. The van der Waals surface area contributed by atoms with Crippen LogP contribution >= 0.6 is 23.2 Å². The van der Waals surface area contributed by atoms with Crippen molar-refractivity contribution in [2.75, 3.05) is 13.1 Å². The smallest absolute Gasteiger partial charge is 0.244 e. The van der Waals surface area contributed by atoms with Gasteiger partial charge < -0.3 is 4.90 Å². The maximum Gasteiger partial charge on any atom is 0.244 e. The summed E-state index contributed by atoms with van der Waals surface area (Å²) in [6.07, 6.45) is 6.15. The molecule has 3 aromatic rings. The lowest BCUT2D eigenvalue weighted by Crippen LogP contribution is -2.44. The van der Waals surface area contributed by atoms with Crippen molar-refractivity contribution in [2.24, 2.45) is 16.8 Å². The number of aliphatic imine (C=N–C) groups is 1. The number of fused-ring (bicyclic) bond motifs is 2. The number of aryl methyl sites for hydroxylation is 1. The van der Waals surface area contributed by atoms with Gasteiger partial charge in [0.1, 0.15) is 5.84 Å². The molecule has 0 saturated carbocycles. The van der Waals surface area contributed by atoms with E-state index in [1.165, 1.54) is 0 Å². The van der Waals surface area contributed by atoms with Crippen LogP contribution in [0.15, 0.2) is 76.8 Å². The van der Waals surface area contributed by atoms with Crippen LogP contribution in [-0.2, 0) is 10.0 Å². The third kappa shape index (κ3) is 4.63. The van der Waals surface area contributed by atoms with Crippen molar-refractivity contribution in [1.82, 2.24) is 19.0 Å². The summed E-state index contributed by atoms with van der Waals surface area (Å²) in [5.41, 5.74) is 3.42. The Balaban J connectivity index is 1.50. The zero-order chi connectivity index (χ0) is 27.5. The maximum absolute atomic E-state index is 13.8. The molecule has 1 aromatic heterocycles. The Labute approximate surface area is 239 Å². The second kappa shape index (κ2) is 9.93. The van der Waals surface area contributed by atoms with Crippen molar-refractivity contribution in [2.45, 2.75) is 33.2 Å². The number of sulfonamides is 1. The van der Waals surface area contributed by atoms with Crippen molar-refractivity contribution in [1.29, 1.82) is 0 Å². The molecule has 1 saturated heterocycles. The summed E-state index contributed by atoms with van der Waals surface area (Å²) in [6.45, 7) is 7.19. The molecule has 0 aliphatic carbocycles. The highest BCUT2D eigenvalue weighted by atomic mass is 35.5. The van der Waals surface area contributed by atoms with Crippen LogP contribution < -0.4 is 0 Å². The molecule has 0 amide bonds. The average Bonchev–Trinajstić information content (AvgIpc) is 3.24. The quantitative estimate of drug-likeness (QED) is 0.346. The summed E-state index contributed by atoms with van der Waals surface area (Å²) in [4.78, 5) is 7.13. The van der Waals surface area contributed by atoms with Crippen LogP contribution in [0.25, 0.3) is 5.69 Å². The highest BCUT2D eigenvalue weighted by Crippen LogP contribution is 2.45. The number of benzene rings is 2. The number of allylic oxidation sites excluding steroid dienone is 1. The molecule has 6 rings (SSSR count). The van der Waals surface area contributed by atoms with Crippen LogP contribution in [-0.4, -0.2) is 46.3 Å². The van der Waals surface area contributed by atoms with E-state index in [1.54, 1.807) is 28.7 Å². The van der Waals surface area contributed by atoms with Crippen molar-refractivity contribution >= 4 is 44.9 Å². The molecule has 4 heterocycles. The molecule has 202 valence electrons. The van der Waals surface area contributed by atoms with E-state index >= 15 is 0 Å². The van der Waals surface area contributed by atoms with Gasteiger partial charge in [-0.15, -0.1) is 0 Å². The topological polar surface area (TPSA) is 70.8 Å². The molecule has 0 spiro atoms. The van der Waals surface area contributed by atoms with E-state index in [1.807, 2.05) is 59.0 Å². The van der Waals surface area contributed by atoms with Gasteiger partial charge in [-0.25, -0.2) is 18.1 Å². The first kappa shape index (κ1) is 26.3. The molecule has 1 fully saturated rings.